The molecule has 1 aliphatic rings. The Morgan fingerprint density at radius 3 is 2.54 bits per heavy atom. The molecule has 0 fully saturated rings. The van der Waals surface area contributed by atoms with Crippen LogP contribution < -0.4 is 11.1 Å². The molecule has 1 aliphatic heterocycles. The third-order valence-corrected chi connectivity index (χ3v) is 4.51. The first-order chi connectivity index (χ1) is 13.3. The lowest BCUT2D eigenvalue weighted by atomic mass is 9.80. The molecule has 1 atom stereocenters. The first-order valence-corrected chi connectivity index (χ1v) is 9.33. The molecule has 1 heterocycles. The minimum Gasteiger partial charge on any atom is -0.478 e. The van der Waals surface area contributed by atoms with E-state index in [0.717, 1.165) is 0 Å². The Bertz CT molecular complexity index is 817. The van der Waals surface area contributed by atoms with Crippen LogP contribution in [0.4, 0.5) is 0 Å². The van der Waals surface area contributed by atoms with Crippen LogP contribution in [0.2, 0.25) is 5.02 Å². The third kappa shape index (κ3) is 4.92. The topological polar surface area (TPSA) is 111 Å². The number of aliphatic carboxylic acids is 1. The summed E-state index contributed by atoms with van der Waals surface area (Å²) in [4.78, 5) is 25.0. The number of allylic oxidation sites excluding steroid dienone is 1. The number of benzene rings is 1. The summed E-state index contributed by atoms with van der Waals surface area (Å²) < 4.78 is 10.9. The molecule has 0 radical (unpaired) electrons. The minimum absolute atomic E-state index is 0.0337. The van der Waals surface area contributed by atoms with Crippen molar-refractivity contribution in [2.24, 2.45) is 5.73 Å². The number of ether oxygens (including phenoxy) is 2. The second kappa shape index (κ2) is 9.73. The second-order valence-electron chi connectivity index (χ2n) is 6.61. The van der Waals surface area contributed by atoms with Gasteiger partial charge in [-0.25, -0.2) is 9.59 Å². The summed E-state index contributed by atoms with van der Waals surface area (Å²) in [6.45, 7) is 5.77. The van der Waals surface area contributed by atoms with Gasteiger partial charge in [0.25, 0.3) is 0 Å². The smallest absolute Gasteiger partial charge is 0.337 e. The molecule has 8 heteroatoms. The summed E-state index contributed by atoms with van der Waals surface area (Å²) in [6.07, 6.45) is -0.376. The number of halogens is 1. The molecular formula is C20H25ClN2O5. The number of hydrogen-bond donors (Lipinski definition) is 3. The van der Waals surface area contributed by atoms with Crippen LogP contribution in [-0.2, 0) is 19.1 Å². The van der Waals surface area contributed by atoms with Crippen molar-refractivity contribution in [3.8, 4) is 0 Å². The predicted octanol–water partition coefficient (Wildman–Crippen LogP) is 2.57. The number of esters is 1. The van der Waals surface area contributed by atoms with Crippen LogP contribution in [0.3, 0.4) is 0 Å². The molecule has 28 heavy (non-hydrogen) atoms. The van der Waals surface area contributed by atoms with E-state index in [1.165, 1.54) is 0 Å². The first-order valence-electron chi connectivity index (χ1n) is 8.95. The largest absolute Gasteiger partial charge is 0.478 e. The summed E-state index contributed by atoms with van der Waals surface area (Å²) in [7, 11) is 0. The Morgan fingerprint density at radius 2 is 1.96 bits per heavy atom. The third-order valence-electron chi connectivity index (χ3n) is 4.16. The fourth-order valence-electron chi connectivity index (χ4n) is 3.09. The Kier molecular flexibility index (Phi) is 7.62. The number of nitrogens with one attached hydrogen (secondary N) is 1. The number of nitrogens with two attached hydrogens (primary N) is 1. The van der Waals surface area contributed by atoms with Crippen LogP contribution in [0.15, 0.2) is 46.8 Å². The highest BCUT2D eigenvalue weighted by Gasteiger charge is 2.39. The molecule has 1 unspecified atom stereocenters. The standard InChI is InChI=1S/C20H25ClN2O5/c1-11(2)28-20(26)18-15(10-27-9-8-22)23-12(3)16(19(24)25)17(18)13-6-4-5-7-14(13)21/h4-7,11,17,23H,8-10,22H2,1-3H3,(H,24,25). The molecule has 7 nitrogen and oxygen atoms in total. The van der Waals surface area contributed by atoms with Crippen LogP contribution in [0.1, 0.15) is 32.3 Å². The van der Waals surface area contributed by atoms with Crippen LogP contribution in [0, 0.1) is 0 Å². The highest BCUT2D eigenvalue weighted by atomic mass is 35.5. The second-order valence-corrected chi connectivity index (χ2v) is 7.02. The Labute approximate surface area is 169 Å². The van der Waals surface area contributed by atoms with Crippen molar-refractivity contribution < 1.29 is 24.2 Å². The average molecular weight is 409 g/mol. The summed E-state index contributed by atoms with van der Waals surface area (Å²) in [5.41, 5.74) is 7.03. The van der Waals surface area contributed by atoms with Crippen LogP contribution in [-0.4, -0.2) is 42.9 Å². The quantitative estimate of drug-likeness (QED) is 0.447. The maximum Gasteiger partial charge on any atom is 0.337 e. The SMILES string of the molecule is CC1=C(C(=O)O)C(c2ccccc2Cl)C(C(=O)OC(C)C)=C(COCCN)N1. The molecular weight excluding hydrogens is 384 g/mol. The van der Waals surface area contributed by atoms with Crippen molar-refractivity contribution in [1.29, 1.82) is 0 Å². The Hall–Kier alpha value is -2.35. The lowest BCUT2D eigenvalue weighted by molar-refractivity contribution is -0.143. The summed E-state index contributed by atoms with van der Waals surface area (Å²) in [5.74, 6) is -2.66. The zero-order chi connectivity index (χ0) is 20.8. The van der Waals surface area contributed by atoms with Crippen LogP contribution in [0.5, 0.6) is 0 Å². The maximum atomic E-state index is 13.0. The number of rotatable bonds is 8. The van der Waals surface area contributed by atoms with E-state index in [2.05, 4.69) is 5.32 Å². The number of dihydropyridines is 1. The van der Waals surface area contributed by atoms with E-state index in [4.69, 9.17) is 26.8 Å². The van der Waals surface area contributed by atoms with Crippen LogP contribution in [0.25, 0.3) is 0 Å². The van der Waals surface area contributed by atoms with Gasteiger partial charge in [-0.05, 0) is 32.4 Å². The molecule has 0 aromatic heterocycles. The minimum atomic E-state index is -1.15. The number of carboxylic acid groups (broad SMARTS) is 1. The summed E-state index contributed by atoms with van der Waals surface area (Å²) in [6, 6.07) is 6.85. The molecule has 2 rings (SSSR count). The molecule has 0 bridgehead atoms. The monoisotopic (exact) mass is 408 g/mol. The zero-order valence-corrected chi connectivity index (χ0v) is 16.9. The van der Waals surface area contributed by atoms with E-state index in [1.54, 1.807) is 45.0 Å². The fourth-order valence-corrected chi connectivity index (χ4v) is 3.34. The van der Waals surface area contributed by atoms with Gasteiger partial charge in [-0.15, -0.1) is 0 Å². The van der Waals surface area contributed by atoms with Gasteiger partial charge in [0.2, 0.25) is 0 Å². The summed E-state index contributed by atoms with van der Waals surface area (Å²) >= 11 is 6.37. The van der Waals surface area contributed by atoms with Gasteiger partial charge in [0, 0.05) is 17.3 Å². The molecule has 0 saturated heterocycles. The van der Waals surface area contributed by atoms with Gasteiger partial charge in [0.1, 0.15) is 0 Å². The number of hydrogen-bond acceptors (Lipinski definition) is 6. The first kappa shape index (κ1) is 21.9. The van der Waals surface area contributed by atoms with E-state index in [-0.39, 0.29) is 23.9 Å². The summed E-state index contributed by atoms with van der Waals surface area (Å²) in [5, 5.41) is 13.2. The van der Waals surface area contributed by atoms with Gasteiger partial charge in [-0.2, -0.15) is 0 Å². The average Bonchev–Trinajstić information content (AvgIpc) is 2.60. The van der Waals surface area contributed by atoms with Crippen molar-refractivity contribution in [3.63, 3.8) is 0 Å². The number of carbonyl (C=O) groups is 2. The van der Waals surface area contributed by atoms with Crippen molar-refractivity contribution in [3.05, 3.63) is 57.4 Å². The van der Waals surface area contributed by atoms with Gasteiger partial charge in [-0.3, -0.25) is 0 Å². The van der Waals surface area contributed by atoms with Crippen molar-refractivity contribution in [2.45, 2.75) is 32.8 Å². The molecule has 152 valence electrons. The molecule has 0 saturated carbocycles. The Balaban J connectivity index is 2.66. The predicted molar refractivity (Wildman–Crippen MR) is 106 cm³/mol. The lowest BCUT2D eigenvalue weighted by Gasteiger charge is -2.31. The van der Waals surface area contributed by atoms with Gasteiger partial charge >= 0.3 is 11.9 Å². The van der Waals surface area contributed by atoms with E-state index >= 15 is 0 Å². The normalized spacial score (nSPS) is 17.0. The lowest BCUT2D eigenvalue weighted by Crippen LogP contribution is -2.35. The molecule has 0 spiro atoms. The van der Waals surface area contributed by atoms with E-state index in [0.29, 0.717) is 35.1 Å². The number of carbonyl (C=O) groups excluding carboxylic acids is 1. The van der Waals surface area contributed by atoms with E-state index in [1.807, 2.05) is 0 Å². The van der Waals surface area contributed by atoms with Gasteiger partial charge < -0.3 is 25.6 Å². The van der Waals surface area contributed by atoms with Gasteiger partial charge in [0.15, 0.2) is 0 Å². The molecule has 1 aromatic rings. The Morgan fingerprint density at radius 1 is 1.29 bits per heavy atom. The fraction of sp³-hybridized carbons (Fsp3) is 0.400. The maximum absolute atomic E-state index is 13.0. The molecule has 0 amide bonds. The van der Waals surface area contributed by atoms with Crippen molar-refractivity contribution in [1.82, 2.24) is 5.32 Å². The molecule has 0 aliphatic carbocycles. The van der Waals surface area contributed by atoms with E-state index < -0.39 is 17.9 Å². The highest BCUT2D eigenvalue weighted by Crippen LogP contribution is 2.41. The van der Waals surface area contributed by atoms with Gasteiger partial charge in [-0.1, -0.05) is 29.8 Å². The van der Waals surface area contributed by atoms with Crippen molar-refractivity contribution in [2.75, 3.05) is 19.8 Å². The van der Waals surface area contributed by atoms with Gasteiger partial charge in [0.05, 0.1) is 42.1 Å². The zero-order valence-electron chi connectivity index (χ0n) is 16.1. The number of carboxylic acids is 1. The highest BCUT2D eigenvalue weighted by molar-refractivity contribution is 6.31. The molecule has 4 N–H and O–H groups in total. The van der Waals surface area contributed by atoms with Crippen LogP contribution >= 0.6 is 11.6 Å². The van der Waals surface area contributed by atoms with E-state index in [9.17, 15) is 14.7 Å². The van der Waals surface area contributed by atoms with Crippen molar-refractivity contribution >= 4 is 23.5 Å². The molecule has 1 aromatic carbocycles.